The molecule has 1 fully saturated rings. The van der Waals surface area contributed by atoms with Crippen LogP contribution in [0.25, 0.3) is 0 Å². The molecule has 1 amide bonds. The van der Waals surface area contributed by atoms with Gasteiger partial charge in [0.15, 0.2) is 6.61 Å². The Kier molecular flexibility index (Phi) is 7.39. The van der Waals surface area contributed by atoms with Crippen molar-refractivity contribution in [3.05, 3.63) is 35.9 Å². The lowest BCUT2D eigenvalue weighted by molar-refractivity contribution is -0.134. The number of nitrogen functional groups attached to an aromatic ring is 1. The van der Waals surface area contributed by atoms with Crippen LogP contribution in [0.4, 0.5) is 11.4 Å². The monoisotopic (exact) mass is 406 g/mol. The molecule has 2 aromatic heterocycles. The Balaban J connectivity index is 0.00000280. The number of anilines is 2. The molecule has 0 bridgehead atoms. The number of rotatable bonds is 5. The second-order valence-corrected chi connectivity index (χ2v) is 6.81. The lowest BCUT2D eigenvalue weighted by Gasteiger charge is -2.37. The first-order valence-corrected chi connectivity index (χ1v) is 9.10. The molecule has 3 heterocycles. The summed E-state index contributed by atoms with van der Waals surface area (Å²) in [6.45, 7) is 5.30. The van der Waals surface area contributed by atoms with Crippen LogP contribution >= 0.6 is 12.4 Å². The average molecular weight is 407 g/mol. The third kappa shape index (κ3) is 5.01. The summed E-state index contributed by atoms with van der Waals surface area (Å²) in [6, 6.07) is 4.39. The van der Waals surface area contributed by atoms with Crippen LogP contribution in [0.5, 0.6) is 6.01 Å². The summed E-state index contributed by atoms with van der Waals surface area (Å²) in [6.07, 6.45) is 5.47. The Morgan fingerprint density at radius 3 is 2.50 bits per heavy atom. The molecule has 1 saturated heterocycles. The molecule has 0 aromatic carbocycles. The van der Waals surface area contributed by atoms with Crippen LogP contribution in [0.2, 0.25) is 0 Å². The number of hydrogen-bond donors (Lipinski definition) is 1. The molecule has 0 spiro atoms. The number of halogens is 1. The minimum Gasteiger partial charge on any atom is -0.453 e. The molecule has 2 N–H and O–H groups in total. The van der Waals surface area contributed by atoms with Gasteiger partial charge in [-0.25, -0.2) is 0 Å². The van der Waals surface area contributed by atoms with Crippen molar-refractivity contribution in [2.24, 2.45) is 0 Å². The Hall–Kier alpha value is -2.61. The molecule has 1 aliphatic heterocycles. The third-order valence-electron chi connectivity index (χ3n) is 5.05. The summed E-state index contributed by atoms with van der Waals surface area (Å²) in [5.74, 6) is -0.0782. The number of piperidine rings is 1. The summed E-state index contributed by atoms with van der Waals surface area (Å²) in [7, 11) is 1.83. The molecule has 28 heavy (non-hydrogen) atoms. The number of carbonyl (C=O) groups excluding carboxylic acids is 1. The number of nitrogens with two attached hydrogens (primary N) is 1. The minimum absolute atomic E-state index is 0. The van der Waals surface area contributed by atoms with Gasteiger partial charge < -0.3 is 20.3 Å². The molecule has 3 rings (SSSR count). The minimum atomic E-state index is -0.0812. The molecular weight excluding hydrogens is 380 g/mol. The number of aromatic nitrogens is 3. The van der Waals surface area contributed by atoms with E-state index in [0.717, 1.165) is 31.6 Å². The maximum Gasteiger partial charge on any atom is 0.317 e. The predicted molar refractivity (Wildman–Crippen MR) is 111 cm³/mol. The lowest BCUT2D eigenvalue weighted by atomic mass is 10.0. The number of likely N-dealkylation sites (N-methyl/N-ethyl adjacent to an activating group) is 1. The fraction of sp³-hybridized carbons (Fsp3) is 0.474. The van der Waals surface area contributed by atoms with Gasteiger partial charge >= 0.3 is 6.01 Å². The second kappa shape index (κ2) is 9.54. The number of pyridine rings is 1. The van der Waals surface area contributed by atoms with Crippen molar-refractivity contribution in [3.8, 4) is 6.01 Å². The SMILES string of the molecule is Cc1nc(OCC(=O)N(C)C2CCN(c3cccnc3)CC2)nc(C)c1N.Cl. The van der Waals surface area contributed by atoms with E-state index in [2.05, 4.69) is 25.9 Å². The Bertz CT molecular complexity index is 773. The molecule has 0 radical (unpaired) electrons. The zero-order chi connectivity index (χ0) is 19.4. The molecule has 0 unspecified atom stereocenters. The number of aryl methyl sites for hydroxylation is 2. The van der Waals surface area contributed by atoms with Crippen LogP contribution in [-0.2, 0) is 4.79 Å². The first kappa shape index (κ1) is 21.7. The van der Waals surface area contributed by atoms with Gasteiger partial charge in [0.2, 0.25) is 0 Å². The van der Waals surface area contributed by atoms with Crippen LogP contribution in [-0.4, -0.2) is 58.5 Å². The van der Waals surface area contributed by atoms with E-state index in [1.165, 1.54) is 0 Å². The Morgan fingerprint density at radius 2 is 1.93 bits per heavy atom. The highest BCUT2D eigenvalue weighted by Crippen LogP contribution is 2.21. The maximum atomic E-state index is 12.5. The first-order chi connectivity index (χ1) is 13.0. The third-order valence-corrected chi connectivity index (χ3v) is 5.05. The second-order valence-electron chi connectivity index (χ2n) is 6.81. The molecule has 0 saturated carbocycles. The van der Waals surface area contributed by atoms with Crippen LogP contribution in [0.15, 0.2) is 24.5 Å². The highest BCUT2D eigenvalue weighted by atomic mass is 35.5. The quantitative estimate of drug-likeness (QED) is 0.810. The van der Waals surface area contributed by atoms with Crippen molar-refractivity contribution in [2.45, 2.75) is 32.7 Å². The van der Waals surface area contributed by atoms with E-state index in [-0.39, 0.29) is 37.0 Å². The van der Waals surface area contributed by atoms with Gasteiger partial charge in [-0.05, 0) is 38.8 Å². The zero-order valence-corrected chi connectivity index (χ0v) is 17.3. The predicted octanol–water partition coefficient (Wildman–Crippen LogP) is 2.00. The van der Waals surface area contributed by atoms with Gasteiger partial charge in [0.1, 0.15) is 0 Å². The molecule has 0 atom stereocenters. The molecular formula is C19H27ClN6O2. The van der Waals surface area contributed by atoms with Crippen LogP contribution in [0.3, 0.4) is 0 Å². The molecule has 1 aliphatic rings. The largest absolute Gasteiger partial charge is 0.453 e. The summed E-state index contributed by atoms with van der Waals surface area (Å²) in [5.41, 5.74) is 8.82. The van der Waals surface area contributed by atoms with Crippen molar-refractivity contribution >= 4 is 29.7 Å². The average Bonchev–Trinajstić information content (AvgIpc) is 2.70. The maximum absolute atomic E-state index is 12.5. The summed E-state index contributed by atoms with van der Waals surface area (Å²) in [4.78, 5) is 29.1. The van der Waals surface area contributed by atoms with Crippen LogP contribution < -0.4 is 15.4 Å². The normalized spacial score (nSPS) is 14.3. The van der Waals surface area contributed by atoms with E-state index in [1.807, 2.05) is 19.3 Å². The van der Waals surface area contributed by atoms with Gasteiger partial charge in [0.05, 0.1) is 29.0 Å². The van der Waals surface area contributed by atoms with E-state index in [4.69, 9.17) is 10.5 Å². The van der Waals surface area contributed by atoms with Gasteiger partial charge in [-0.3, -0.25) is 9.78 Å². The highest BCUT2D eigenvalue weighted by molar-refractivity contribution is 5.85. The molecule has 8 nitrogen and oxygen atoms in total. The number of amides is 1. The standard InChI is InChI=1S/C19H26N6O2.ClH/c1-13-18(20)14(2)23-19(22-13)27-12-17(26)24(3)15-6-9-25(10-7-15)16-5-4-8-21-11-16;/h4-5,8,11,15H,6-7,9-10,12,20H2,1-3H3;1H. The van der Waals surface area contributed by atoms with Gasteiger partial charge in [0.25, 0.3) is 5.91 Å². The smallest absolute Gasteiger partial charge is 0.317 e. The number of ether oxygens (including phenoxy) is 1. The van der Waals surface area contributed by atoms with E-state index in [9.17, 15) is 4.79 Å². The van der Waals surface area contributed by atoms with E-state index in [0.29, 0.717) is 17.1 Å². The Morgan fingerprint density at radius 1 is 1.29 bits per heavy atom. The van der Waals surface area contributed by atoms with E-state index >= 15 is 0 Å². The van der Waals surface area contributed by atoms with Crippen molar-refractivity contribution in [1.29, 1.82) is 0 Å². The fourth-order valence-electron chi connectivity index (χ4n) is 3.24. The van der Waals surface area contributed by atoms with Gasteiger partial charge in [-0.2, -0.15) is 9.97 Å². The van der Waals surface area contributed by atoms with Gasteiger partial charge in [0, 0.05) is 32.4 Å². The summed E-state index contributed by atoms with van der Waals surface area (Å²) >= 11 is 0. The zero-order valence-electron chi connectivity index (χ0n) is 16.5. The lowest BCUT2D eigenvalue weighted by Crippen LogP contribution is -2.47. The van der Waals surface area contributed by atoms with Crippen molar-refractivity contribution in [2.75, 3.05) is 37.4 Å². The van der Waals surface area contributed by atoms with E-state index in [1.54, 1.807) is 24.9 Å². The van der Waals surface area contributed by atoms with Crippen molar-refractivity contribution < 1.29 is 9.53 Å². The van der Waals surface area contributed by atoms with Crippen LogP contribution in [0, 0.1) is 13.8 Å². The number of nitrogens with zero attached hydrogens (tertiary/aromatic N) is 5. The van der Waals surface area contributed by atoms with E-state index < -0.39 is 0 Å². The Labute approximate surface area is 171 Å². The molecule has 9 heteroatoms. The topological polar surface area (TPSA) is 97.5 Å². The molecule has 0 aliphatic carbocycles. The summed E-state index contributed by atoms with van der Waals surface area (Å²) in [5, 5.41) is 0. The molecule has 152 valence electrons. The molecule has 2 aromatic rings. The number of hydrogen-bond acceptors (Lipinski definition) is 7. The van der Waals surface area contributed by atoms with Crippen LogP contribution in [0.1, 0.15) is 24.2 Å². The highest BCUT2D eigenvalue weighted by Gasteiger charge is 2.26. The number of carbonyl (C=O) groups is 1. The first-order valence-electron chi connectivity index (χ1n) is 9.10. The van der Waals surface area contributed by atoms with Gasteiger partial charge in [-0.15, -0.1) is 12.4 Å². The van der Waals surface area contributed by atoms with Gasteiger partial charge in [-0.1, -0.05) is 0 Å². The van der Waals surface area contributed by atoms with Crippen molar-refractivity contribution in [3.63, 3.8) is 0 Å². The summed E-state index contributed by atoms with van der Waals surface area (Å²) < 4.78 is 5.50. The fourth-order valence-corrected chi connectivity index (χ4v) is 3.24. The van der Waals surface area contributed by atoms with Crippen molar-refractivity contribution in [1.82, 2.24) is 19.9 Å².